The zero-order valence-corrected chi connectivity index (χ0v) is 17.4. The number of benzene rings is 2. The molecule has 1 atom stereocenters. The number of carbonyl (C=O) groups excluding carboxylic acids is 1. The first-order valence-electron chi connectivity index (χ1n) is 10.2. The van der Waals surface area contributed by atoms with E-state index in [2.05, 4.69) is 10.1 Å². The van der Waals surface area contributed by atoms with Crippen LogP contribution in [0.25, 0.3) is 0 Å². The van der Waals surface area contributed by atoms with Crippen molar-refractivity contribution in [1.82, 2.24) is 15.0 Å². The maximum atomic E-state index is 12.7. The molecule has 0 spiro atoms. The molecule has 32 heavy (non-hydrogen) atoms. The highest BCUT2D eigenvalue weighted by molar-refractivity contribution is 5.79. The van der Waals surface area contributed by atoms with Crippen LogP contribution in [0.4, 0.5) is 13.2 Å². The molecule has 1 fully saturated rings. The van der Waals surface area contributed by atoms with Gasteiger partial charge in [-0.05, 0) is 41.8 Å². The molecule has 0 aliphatic carbocycles. The van der Waals surface area contributed by atoms with E-state index >= 15 is 0 Å². The van der Waals surface area contributed by atoms with Crippen molar-refractivity contribution < 1.29 is 27.2 Å². The van der Waals surface area contributed by atoms with Crippen LogP contribution < -0.4 is 4.74 Å². The highest BCUT2D eigenvalue weighted by Gasteiger charge is 2.34. The lowest BCUT2D eigenvalue weighted by Gasteiger charge is -2.16. The van der Waals surface area contributed by atoms with Gasteiger partial charge in [-0.1, -0.05) is 29.4 Å². The Bertz CT molecular complexity index is 1060. The van der Waals surface area contributed by atoms with Crippen LogP contribution in [-0.2, 0) is 30.4 Å². The van der Waals surface area contributed by atoms with Crippen molar-refractivity contribution in [3.05, 3.63) is 76.9 Å². The van der Waals surface area contributed by atoms with Gasteiger partial charge in [-0.25, -0.2) is 0 Å². The Hall–Kier alpha value is -3.36. The van der Waals surface area contributed by atoms with Crippen molar-refractivity contribution in [3.63, 3.8) is 0 Å². The molecule has 1 amide bonds. The number of ether oxygens (including phenoxy) is 1. The van der Waals surface area contributed by atoms with Crippen molar-refractivity contribution in [3.8, 4) is 5.75 Å². The number of rotatable bonds is 7. The van der Waals surface area contributed by atoms with E-state index in [9.17, 15) is 18.0 Å². The molecule has 1 aromatic heterocycles. The minimum Gasteiger partial charge on any atom is -0.497 e. The summed E-state index contributed by atoms with van der Waals surface area (Å²) < 4.78 is 48.7. The third kappa shape index (κ3) is 5.09. The molecule has 3 aromatic rings. The number of methoxy groups -OCH3 is 1. The van der Waals surface area contributed by atoms with E-state index in [0.717, 1.165) is 29.9 Å². The highest BCUT2D eigenvalue weighted by atomic mass is 19.4. The second kappa shape index (κ2) is 9.02. The van der Waals surface area contributed by atoms with Crippen molar-refractivity contribution >= 4 is 5.91 Å². The third-order valence-corrected chi connectivity index (χ3v) is 5.50. The van der Waals surface area contributed by atoms with Crippen LogP contribution >= 0.6 is 0 Å². The Morgan fingerprint density at radius 3 is 2.41 bits per heavy atom. The largest absolute Gasteiger partial charge is 0.497 e. The molecule has 0 saturated carbocycles. The molecule has 1 aliphatic rings. The molecule has 2 aromatic carbocycles. The number of halogens is 3. The van der Waals surface area contributed by atoms with Crippen LogP contribution in [-0.4, -0.2) is 34.6 Å². The van der Waals surface area contributed by atoms with Crippen LogP contribution in [0.1, 0.15) is 40.7 Å². The SMILES string of the molecule is COc1ccc(CCc2nc(C3CC(=O)N(Cc4ccc(C(F)(F)F)cc4)C3)no2)cc1. The number of hydrogen-bond donors (Lipinski definition) is 0. The molecule has 0 N–H and O–H groups in total. The van der Waals surface area contributed by atoms with Gasteiger partial charge in [0.05, 0.1) is 12.7 Å². The van der Waals surface area contributed by atoms with Gasteiger partial charge in [-0.2, -0.15) is 18.2 Å². The van der Waals surface area contributed by atoms with Crippen LogP contribution in [0.3, 0.4) is 0 Å². The standard InChI is InChI=1S/C23H22F3N3O3/c1-31-19-9-4-15(5-10-19)6-11-20-27-22(28-32-20)17-12-21(30)29(14-17)13-16-2-7-18(8-3-16)23(24,25)26/h2-5,7-10,17H,6,11-14H2,1H3. The van der Waals surface area contributed by atoms with Gasteiger partial charge in [0.1, 0.15) is 5.75 Å². The lowest BCUT2D eigenvalue weighted by atomic mass is 10.1. The molecule has 168 valence electrons. The zero-order valence-electron chi connectivity index (χ0n) is 17.4. The molecule has 6 nitrogen and oxygen atoms in total. The molecular formula is C23H22F3N3O3. The summed E-state index contributed by atoms with van der Waals surface area (Å²) in [4.78, 5) is 18.5. The van der Waals surface area contributed by atoms with E-state index in [4.69, 9.17) is 9.26 Å². The number of likely N-dealkylation sites (tertiary alicyclic amines) is 1. The molecule has 1 saturated heterocycles. The van der Waals surface area contributed by atoms with Gasteiger partial charge in [0.25, 0.3) is 0 Å². The average Bonchev–Trinajstić information content (AvgIpc) is 3.39. The Morgan fingerprint density at radius 2 is 1.75 bits per heavy atom. The smallest absolute Gasteiger partial charge is 0.416 e. The fraction of sp³-hybridized carbons (Fsp3) is 0.348. The Labute approximate surface area is 183 Å². The van der Waals surface area contributed by atoms with Crippen molar-refractivity contribution in [1.29, 1.82) is 0 Å². The predicted octanol–water partition coefficient (Wildman–Crippen LogP) is 4.40. The summed E-state index contributed by atoms with van der Waals surface area (Å²) in [7, 11) is 1.62. The van der Waals surface area contributed by atoms with E-state index in [1.54, 1.807) is 12.0 Å². The summed E-state index contributed by atoms with van der Waals surface area (Å²) in [5.74, 6) is 1.50. The monoisotopic (exact) mass is 445 g/mol. The topological polar surface area (TPSA) is 68.5 Å². The maximum Gasteiger partial charge on any atom is 0.416 e. The van der Waals surface area contributed by atoms with Crippen LogP contribution in [0.15, 0.2) is 53.1 Å². The van der Waals surface area contributed by atoms with Crippen molar-refractivity contribution in [2.45, 2.75) is 37.9 Å². The summed E-state index contributed by atoms with van der Waals surface area (Å²) in [6, 6.07) is 12.6. The van der Waals surface area contributed by atoms with Gasteiger partial charge in [0, 0.05) is 31.8 Å². The molecule has 4 rings (SSSR count). The highest BCUT2D eigenvalue weighted by Crippen LogP contribution is 2.31. The molecule has 0 radical (unpaired) electrons. The van der Waals surface area contributed by atoms with Gasteiger partial charge in [0.15, 0.2) is 5.82 Å². The van der Waals surface area contributed by atoms with Crippen LogP contribution in [0.2, 0.25) is 0 Å². The lowest BCUT2D eigenvalue weighted by molar-refractivity contribution is -0.137. The first kappa shape index (κ1) is 21.9. The minimum atomic E-state index is -4.38. The van der Waals surface area contributed by atoms with Gasteiger partial charge in [0.2, 0.25) is 11.8 Å². The van der Waals surface area contributed by atoms with Gasteiger partial charge < -0.3 is 14.2 Å². The third-order valence-electron chi connectivity index (χ3n) is 5.50. The van der Waals surface area contributed by atoms with E-state index in [-0.39, 0.29) is 24.8 Å². The van der Waals surface area contributed by atoms with Crippen LogP contribution in [0.5, 0.6) is 5.75 Å². The first-order valence-corrected chi connectivity index (χ1v) is 10.2. The molecule has 0 bridgehead atoms. The van der Waals surface area contributed by atoms with E-state index in [1.165, 1.54) is 12.1 Å². The summed E-state index contributed by atoms with van der Waals surface area (Å²) in [5, 5.41) is 4.04. The molecule has 1 aliphatic heterocycles. The number of amides is 1. The normalized spacial score (nSPS) is 16.6. The fourth-order valence-corrected chi connectivity index (χ4v) is 3.70. The second-order valence-corrected chi connectivity index (χ2v) is 7.76. The number of alkyl halides is 3. The summed E-state index contributed by atoms with van der Waals surface area (Å²) in [5.41, 5.74) is 1.05. The van der Waals surface area contributed by atoms with Gasteiger partial charge in [-0.3, -0.25) is 4.79 Å². The molecular weight excluding hydrogens is 423 g/mol. The number of nitrogens with zero attached hydrogens (tertiary/aromatic N) is 3. The Balaban J connectivity index is 1.33. The molecule has 1 unspecified atom stereocenters. The molecule has 2 heterocycles. The number of aryl methyl sites for hydroxylation is 2. The van der Waals surface area contributed by atoms with Crippen molar-refractivity contribution in [2.75, 3.05) is 13.7 Å². The molecule has 9 heteroatoms. The van der Waals surface area contributed by atoms with E-state index in [0.29, 0.717) is 30.2 Å². The van der Waals surface area contributed by atoms with Gasteiger partial charge >= 0.3 is 6.18 Å². The summed E-state index contributed by atoms with van der Waals surface area (Å²) in [6.45, 7) is 0.646. The summed E-state index contributed by atoms with van der Waals surface area (Å²) in [6.07, 6.45) is -2.82. The Kier molecular flexibility index (Phi) is 6.16. The minimum absolute atomic E-state index is 0.0838. The maximum absolute atomic E-state index is 12.7. The quantitative estimate of drug-likeness (QED) is 0.539. The van der Waals surface area contributed by atoms with Crippen LogP contribution in [0, 0.1) is 0 Å². The second-order valence-electron chi connectivity index (χ2n) is 7.76. The lowest BCUT2D eigenvalue weighted by Crippen LogP contribution is -2.24. The van der Waals surface area contributed by atoms with E-state index in [1.807, 2.05) is 24.3 Å². The van der Waals surface area contributed by atoms with Crippen molar-refractivity contribution in [2.24, 2.45) is 0 Å². The predicted molar refractivity (Wildman–Crippen MR) is 109 cm³/mol. The number of carbonyl (C=O) groups is 1. The average molecular weight is 445 g/mol. The zero-order chi connectivity index (χ0) is 22.7. The number of aromatic nitrogens is 2. The van der Waals surface area contributed by atoms with Gasteiger partial charge in [-0.15, -0.1) is 0 Å². The number of hydrogen-bond acceptors (Lipinski definition) is 5. The van der Waals surface area contributed by atoms with E-state index < -0.39 is 11.7 Å². The Morgan fingerprint density at radius 1 is 1.06 bits per heavy atom. The first-order chi connectivity index (χ1) is 15.3. The summed E-state index contributed by atoms with van der Waals surface area (Å²) >= 11 is 0. The fourth-order valence-electron chi connectivity index (χ4n) is 3.70.